The molecule has 88 valence electrons. The summed E-state index contributed by atoms with van der Waals surface area (Å²) in [6.45, 7) is 2.37. The average molecular weight is 251 g/mol. The van der Waals surface area contributed by atoms with Crippen LogP contribution in [0.15, 0.2) is 30.5 Å². The van der Waals surface area contributed by atoms with Crippen molar-refractivity contribution in [3.63, 3.8) is 0 Å². The smallest absolute Gasteiger partial charge is 0.356 e. The van der Waals surface area contributed by atoms with Gasteiger partial charge in [-0.3, -0.25) is 0 Å². The minimum Gasteiger partial charge on any atom is -0.476 e. The van der Waals surface area contributed by atoms with Gasteiger partial charge in [0.05, 0.1) is 0 Å². The van der Waals surface area contributed by atoms with Gasteiger partial charge in [-0.15, -0.1) is 0 Å². The number of carboxylic acid groups (broad SMARTS) is 1. The third kappa shape index (κ3) is 2.65. The number of carboxylic acids is 1. The second-order valence-electron chi connectivity index (χ2n) is 3.73. The molecule has 0 aliphatic carbocycles. The number of halogens is 1. The SMILES string of the molecule is Cc1nc(C(=O)O)cn1Cc1ccc(Cl)cc1. The van der Waals surface area contributed by atoms with Crippen molar-refractivity contribution < 1.29 is 9.90 Å². The molecule has 4 nitrogen and oxygen atoms in total. The molecule has 0 bridgehead atoms. The zero-order chi connectivity index (χ0) is 12.4. The normalized spacial score (nSPS) is 10.5. The van der Waals surface area contributed by atoms with E-state index in [1.807, 2.05) is 12.1 Å². The summed E-state index contributed by atoms with van der Waals surface area (Å²) in [5, 5.41) is 9.51. The van der Waals surface area contributed by atoms with Crippen molar-refractivity contribution in [2.45, 2.75) is 13.5 Å². The molecule has 0 amide bonds. The van der Waals surface area contributed by atoms with Gasteiger partial charge >= 0.3 is 5.97 Å². The minimum atomic E-state index is -1.01. The largest absolute Gasteiger partial charge is 0.476 e. The van der Waals surface area contributed by atoms with Crippen LogP contribution in [-0.2, 0) is 6.54 Å². The first-order valence-electron chi connectivity index (χ1n) is 5.08. The first-order chi connectivity index (χ1) is 8.06. The summed E-state index contributed by atoms with van der Waals surface area (Å²) in [4.78, 5) is 14.7. The predicted molar refractivity (Wildman–Crippen MR) is 64.5 cm³/mol. The van der Waals surface area contributed by atoms with E-state index in [9.17, 15) is 4.79 Å². The van der Waals surface area contributed by atoms with Gasteiger partial charge in [-0.25, -0.2) is 9.78 Å². The summed E-state index contributed by atoms with van der Waals surface area (Å²) >= 11 is 5.79. The number of aromatic nitrogens is 2. The molecule has 1 aromatic heterocycles. The van der Waals surface area contributed by atoms with E-state index in [4.69, 9.17) is 16.7 Å². The summed E-state index contributed by atoms with van der Waals surface area (Å²) in [5.41, 5.74) is 1.11. The van der Waals surface area contributed by atoms with Crippen molar-refractivity contribution in [3.8, 4) is 0 Å². The van der Waals surface area contributed by atoms with Crippen LogP contribution < -0.4 is 0 Å². The first-order valence-corrected chi connectivity index (χ1v) is 5.45. The van der Waals surface area contributed by atoms with Gasteiger partial charge in [-0.05, 0) is 24.6 Å². The predicted octanol–water partition coefficient (Wildman–Crippen LogP) is 2.59. The van der Waals surface area contributed by atoms with Crippen LogP contribution in [0.3, 0.4) is 0 Å². The zero-order valence-corrected chi connectivity index (χ0v) is 9.98. The fourth-order valence-corrected chi connectivity index (χ4v) is 1.68. The topological polar surface area (TPSA) is 55.1 Å². The van der Waals surface area contributed by atoms with E-state index in [0.717, 1.165) is 5.56 Å². The van der Waals surface area contributed by atoms with Gasteiger partial charge in [-0.2, -0.15) is 0 Å². The van der Waals surface area contributed by atoms with Gasteiger partial charge < -0.3 is 9.67 Å². The van der Waals surface area contributed by atoms with Gasteiger partial charge in [0.25, 0.3) is 0 Å². The van der Waals surface area contributed by atoms with Crippen molar-refractivity contribution in [2.75, 3.05) is 0 Å². The highest BCUT2D eigenvalue weighted by atomic mass is 35.5. The Hall–Kier alpha value is -1.81. The van der Waals surface area contributed by atoms with Crippen LogP contribution in [0.1, 0.15) is 21.9 Å². The maximum Gasteiger partial charge on any atom is 0.356 e. The number of aryl methyl sites for hydroxylation is 1. The number of hydrogen-bond donors (Lipinski definition) is 1. The van der Waals surface area contributed by atoms with Crippen LogP contribution in [0.25, 0.3) is 0 Å². The second-order valence-corrected chi connectivity index (χ2v) is 4.17. The zero-order valence-electron chi connectivity index (χ0n) is 9.22. The molecule has 2 rings (SSSR count). The highest BCUT2D eigenvalue weighted by molar-refractivity contribution is 6.30. The minimum absolute atomic E-state index is 0.0662. The number of imidazole rings is 1. The standard InChI is InChI=1S/C12H11ClN2O2/c1-8-14-11(12(16)17)7-15(8)6-9-2-4-10(13)5-3-9/h2-5,7H,6H2,1H3,(H,16,17). The Morgan fingerprint density at radius 2 is 2.06 bits per heavy atom. The Balaban J connectivity index is 2.24. The van der Waals surface area contributed by atoms with E-state index >= 15 is 0 Å². The lowest BCUT2D eigenvalue weighted by atomic mass is 10.2. The molecule has 5 heteroatoms. The molecule has 0 fully saturated rings. The van der Waals surface area contributed by atoms with Crippen molar-refractivity contribution in [2.24, 2.45) is 0 Å². The average Bonchev–Trinajstić information content (AvgIpc) is 2.64. The van der Waals surface area contributed by atoms with Crippen LogP contribution in [0.5, 0.6) is 0 Å². The molecule has 2 aromatic rings. The lowest BCUT2D eigenvalue weighted by Gasteiger charge is -2.04. The van der Waals surface area contributed by atoms with Crippen LogP contribution in [0.2, 0.25) is 5.02 Å². The molecule has 0 saturated carbocycles. The molecule has 0 aliphatic heterocycles. The Morgan fingerprint density at radius 1 is 1.41 bits per heavy atom. The third-order valence-corrected chi connectivity index (χ3v) is 2.71. The summed E-state index contributed by atoms with van der Waals surface area (Å²) in [5.74, 6) is -0.333. The molecule has 1 heterocycles. The van der Waals surface area contributed by atoms with E-state index in [0.29, 0.717) is 17.4 Å². The van der Waals surface area contributed by atoms with Gasteiger partial charge in [0.15, 0.2) is 5.69 Å². The van der Waals surface area contributed by atoms with Crippen LogP contribution >= 0.6 is 11.6 Å². The molecule has 0 saturated heterocycles. The molecule has 0 unspecified atom stereocenters. The summed E-state index contributed by atoms with van der Waals surface area (Å²) < 4.78 is 1.80. The fraction of sp³-hybridized carbons (Fsp3) is 0.167. The molecular formula is C12H11ClN2O2. The highest BCUT2D eigenvalue weighted by Gasteiger charge is 2.10. The van der Waals surface area contributed by atoms with Crippen LogP contribution in [0, 0.1) is 6.92 Å². The number of aromatic carboxylic acids is 1. The van der Waals surface area contributed by atoms with E-state index in [1.54, 1.807) is 23.6 Å². The summed E-state index contributed by atoms with van der Waals surface area (Å²) in [6, 6.07) is 7.42. The molecule has 0 spiro atoms. The Kier molecular flexibility index (Phi) is 3.15. The quantitative estimate of drug-likeness (QED) is 0.911. The van der Waals surface area contributed by atoms with Gasteiger partial charge in [0.1, 0.15) is 5.82 Å². The van der Waals surface area contributed by atoms with Crippen molar-refractivity contribution in [3.05, 3.63) is 52.6 Å². The summed E-state index contributed by atoms with van der Waals surface area (Å²) in [6.07, 6.45) is 1.53. The second kappa shape index (κ2) is 4.59. The van der Waals surface area contributed by atoms with Crippen molar-refractivity contribution >= 4 is 17.6 Å². The van der Waals surface area contributed by atoms with Gasteiger partial charge in [-0.1, -0.05) is 23.7 Å². The fourth-order valence-electron chi connectivity index (χ4n) is 1.56. The Bertz CT molecular complexity index is 546. The third-order valence-electron chi connectivity index (χ3n) is 2.46. The molecule has 17 heavy (non-hydrogen) atoms. The monoisotopic (exact) mass is 250 g/mol. The lowest BCUT2D eigenvalue weighted by Crippen LogP contribution is -2.00. The maximum atomic E-state index is 10.8. The molecule has 1 N–H and O–H groups in total. The number of hydrogen-bond acceptors (Lipinski definition) is 2. The molecular weight excluding hydrogens is 240 g/mol. The number of benzene rings is 1. The molecule has 1 aromatic carbocycles. The Labute approximate surface area is 103 Å². The molecule has 0 radical (unpaired) electrons. The van der Waals surface area contributed by atoms with Crippen LogP contribution in [0.4, 0.5) is 0 Å². The number of rotatable bonds is 3. The van der Waals surface area contributed by atoms with E-state index in [2.05, 4.69) is 4.98 Å². The van der Waals surface area contributed by atoms with Crippen LogP contribution in [-0.4, -0.2) is 20.6 Å². The number of nitrogens with zero attached hydrogens (tertiary/aromatic N) is 2. The summed E-state index contributed by atoms with van der Waals surface area (Å²) in [7, 11) is 0. The molecule has 0 aliphatic rings. The maximum absolute atomic E-state index is 10.8. The lowest BCUT2D eigenvalue weighted by molar-refractivity contribution is 0.0691. The highest BCUT2D eigenvalue weighted by Crippen LogP contribution is 2.12. The number of carbonyl (C=O) groups is 1. The van der Waals surface area contributed by atoms with Gasteiger partial charge in [0.2, 0.25) is 0 Å². The van der Waals surface area contributed by atoms with Crippen molar-refractivity contribution in [1.29, 1.82) is 0 Å². The Morgan fingerprint density at radius 3 is 2.59 bits per heavy atom. The van der Waals surface area contributed by atoms with E-state index in [-0.39, 0.29) is 5.69 Å². The van der Waals surface area contributed by atoms with Gasteiger partial charge in [0, 0.05) is 17.8 Å². The van der Waals surface area contributed by atoms with Crippen molar-refractivity contribution in [1.82, 2.24) is 9.55 Å². The van der Waals surface area contributed by atoms with E-state index < -0.39 is 5.97 Å². The molecule has 0 atom stereocenters. The van der Waals surface area contributed by atoms with E-state index in [1.165, 1.54) is 6.20 Å². The first kappa shape index (κ1) is 11.7.